The number of benzene rings is 3. The third-order valence-corrected chi connectivity index (χ3v) is 6.46. The van der Waals surface area contributed by atoms with E-state index in [1.807, 2.05) is 66.9 Å². The molecule has 0 saturated carbocycles. The van der Waals surface area contributed by atoms with Gasteiger partial charge in [-0.1, -0.05) is 42.5 Å². The van der Waals surface area contributed by atoms with Crippen LogP contribution in [0.25, 0.3) is 10.9 Å². The summed E-state index contributed by atoms with van der Waals surface area (Å²) in [6, 6.07) is 23.3. The number of hydrogen-bond acceptors (Lipinski definition) is 5. The van der Waals surface area contributed by atoms with Crippen LogP contribution in [-0.2, 0) is 17.9 Å². The van der Waals surface area contributed by atoms with Gasteiger partial charge in [-0.05, 0) is 35.9 Å². The van der Waals surface area contributed by atoms with Crippen molar-refractivity contribution in [3.8, 4) is 11.5 Å². The van der Waals surface area contributed by atoms with Gasteiger partial charge in [-0.25, -0.2) is 0 Å². The molecule has 1 saturated heterocycles. The Bertz CT molecular complexity index is 1280. The lowest BCUT2D eigenvalue weighted by Crippen LogP contribution is -2.38. The largest absolute Gasteiger partial charge is 0.497 e. The molecule has 1 fully saturated rings. The lowest BCUT2D eigenvalue weighted by Gasteiger charge is -2.26. The minimum atomic E-state index is -0.0111. The summed E-state index contributed by atoms with van der Waals surface area (Å²) >= 11 is 0. The van der Waals surface area contributed by atoms with Gasteiger partial charge in [0.15, 0.2) is 5.78 Å². The third kappa shape index (κ3) is 5.24. The van der Waals surface area contributed by atoms with Gasteiger partial charge in [-0.3, -0.25) is 9.69 Å². The first kappa shape index (κ1) is 23.1. The van der Waals surface area contributed by atoms with Crippen molar-refractivity contribution in [1.82, 2.24) is 9.47 Å². The van der Waals surface area contributed by atoms with Crippen molar-refractivity contribution < 1.29 is 19.0 Å². The molecule has 1 aliphatic heterocycles. The van der Waals surface area contributed by atoms with Crippen LogP contribution in [0.15, 0.2) is 79.0 Å². The molecule has 4 aromatic rings. The number of fused-ring (bicyclic) bond motifs is 1. The number of nitrogens with zero attached hydrogens (tertiary/aromatic N) is 2. The van der Waals surface area contributed by atoms with Crippen LogP contribution >= 0.6 is 0 Å². The Morgan fingerprint density at radius 2 is 1.69 bits per heavy atom. The molecule has 0 aliphatic carbocycles. The first-order chi connectivity index (χ1) is 17.2. The first-order valence-corrected chi connectivity index (χ1v) is 12.0. The lowest BCUT2D eigenvalue weighted by molar-refractivity contribution is 0.0365. The highest BCUT2D eigenvalue weighted by Crippen LogP contribution is 2.32. The average molecular weight is 471 g/mol. The van der Waals surface area contributed by atoms with Crippen LogP contribution in [-0.4, -0.2) is 55.2 Å². The normalized spacial score (nSPS) is 14.2. The topological polar surface area (TPSA) is 52.9 Å². The van der Waals surface area contributed by atoms with E-state index in [1.165, 1.54) is 0 Å². The third-order valence-electron chi connectivity index (χ3n) is 6.46. The summed E-state index contributed by atoms with van der Waals surface area (Å²) in [6.45, 7) is 5.49. The molecular formula is C29H30N2O4. The molecule has 0 radical (unpaired) electrons. The Balaban J connectivity index is 1.49. The van der Waals surface area contributed by atoms with E-state index in [0.29, 0.717) is 17.7 Å². The fourth-order valence-electron chi connectivity index (χ4n) is 4.51. The van der Waals surface area contributed by atoms with E-state index in [-0.39, 0.29) is 5.78 Å². The molecular weight excluding hydrogens is 440 g/mol. The number of carbonyl (C=O) groups is 1. The Hall–Kier alpha value is -3.61. The van der Waals surface area contributed by atoms with Crippen LogP contribution in [0.3, 0.4) is 0 Å². The number of ether oxygens (including phenoxy) is 3. The molecule has 0 N–H and O–H groups in total. The van der Waals surface area contributed by atoms with E-state index in [9.17, 15) is 4.79 Å². The number of carbonyl (C=O) groups excluding carboxylic acids is 1. The zero-order chi connectivity index (χ0) is 24.0. The lowest BCUT2D eigenvalue weighted by atomic mass is 10.0. The van der Waals surface area contributed by atoms with Crippen molar-refractivity contribution in [3.63, 3.8) is 0 Å². The Morgan fingerprint density at radius 3 is 2.43 bits per heavy atom. The van der Waals surface area contributed by atoms with Crippen LogP contribution in [0, 0.1) is 0 Å². The second kappa shape index (κ2) is 10.8. The maximum Gasteiger partial charge on any atom is 0.195 e. The summed E-state index contributed by atoms with van der Waals surface area (Å²) in [5.41, 5.74) is 3.37. The number of hydrogen-bond donors (Lipinski definition) is 0. The summed E-state index contributed by atoms with van der Waals surface area (Å²) in [6.07, 6.45) is 1.98. The number of para-hydroxylation sites is 1. The van der Waals surface area contributed by atoms with E-state index >= 15 is 0 Å². The van der Waals surface area contributed by atoms with Crippen molar-refractivity contribution >= 4 is 16.7 Å². The molecule has 0 spiro atoms. The molecule has 0 unspecified atom stereocenters. The van der Waals surface area contributed by atoms with Crippen LogP contribution in [0.4, 0.5) is 0 Å². The van der Waals surface area contributed by atoms with Gasteiger partial charge in [0.25, 0.3) is 0 Å². The molecule has 6 heteroatoms. The van der Waals surface area contributed by atoms with E-state index in [2.05, 4.69) is 21.6 Å². The highest BCUT2D eigenvalue weighted by Gasteiger charge is 2.20. The number of methoxy groups -OCH3 is 1. The summed E-state index contributed by atoms with van der Waals surface area (Å²) in [5, 5.41) is 0.901. The molecule has 2 heterocycles. The smallest absolute Gasteiger partial charge is 0.195 e. The van der Waals surface area contributed by atoms with Gasteiger partial charge in [-0.2, -0.15) is 0 Å². The van der Waals surface area contributed by atoms with E-state index in [0.717, 1.165) is 67.4 Å². The second-order valence-electron chi connectivity index (χ2n) is 8.67. The first-order valence-electron chi connectivity index (χ1n) is 12.0. The van der Waals surface area contributed by atoms with Crippen LogP contribution in [0.1, 0.15) is 21.5 Å². The maximum atomic E-state index is 13.5. The minimum Gasteiger partial charge on any atom is -0.497 e. The van der Waals surface area contributed by atoms with E-state index < -0.39 is 0 Å². The van der Waals surface area contributed by atoms with E-state index in [4.69, 9.17) is 14.2 Å². The fraction of sp³-hybridized carbons (Fsp3) is 0.276. The van der Waals surface area contributed by atoms with Gasteiger partial charge in [0.2, 0.25) is 0 Å². The molecule has 180 valence electrons. The van der Waals surface area contributed by atoms with Crippen molar-refractivity contribution in [3.05, 3.63) is 95.7 Å². The van der Waals surface area contributed by atoms with Gasteiger partial charge < -0.3 is 18.8 Å². The van der Waals surface area contributed by atoms with Crippen molar-refractivity contribution in [2.24, 2.45) is 0 Å². The zero-order valence-corrected chi connectivity index (χ0v) is 20.0. The number of rotatable bonds is 9. The molecule has 5 rings (SSSR count). The Labute approximate surface area is 205 Å². The Kier molecular flexibility index (Phi) is 7.12. The summed E-state index contributed by atoms with van der Waals surface area (Å²) in [7, 11) is 1.62. The van der Waals surface area contributed by atoms with Crippen molar-refractivity contribution in [2.75, 3.05) is 40.0 Å². The standard InChI is InChI=1S/C29H30N2O4/c1-33-24-12-10-23(11-13-24)29(32)26-20-31(15-14-30-16-18-34-19-17-30)28-25(26)8-5-9-27(28)35-21-22-6-3-2-4-7-22/h2-13,20H,14-19,21H2,1H3. The summed E-state index contributed by atoms with van der Waals surface area (Å²) in [4.78, 5) is 15.9. The predicted molar refractivity (Wildman–Crippen MR) is 136 cm³/mol. The number of aromatic nitrogens is 1. The average Bonchev–Trinajstić information content (AvgIpc) is 3.31. The predicted octanol–water partition coefficient (Wildman–Crippen LogP) is 4.79. The van der Waals surface area contributed by atoms with Gasteiger partial charge in [0.1, 0.15) is 18.1 Å². The number of ketones is 1. The molecule has 6 nitrogen and oxygen atoms in total. The monoisotopic (exact) mass is 470 g/mol. The molecule has 1 aromatic heterocycles. The highest BCUT2D eigenvalue weighted by molar-refractivity contribution is 6.17. The molecule has 0 amide bonds. The van der Waals surface area contributed by atoms with Crippen molar-refractivity contribution in [1.29, 1.82) is 0 Å². The van der Waals surface area contributed by atoms with Gasteiger partial charge in [0, 0.05) is 48.9 Å². The zero-order valence-electron chi connectivity index (χ0n) is 20.0. The molecule has 1 aliphatic rings. The molecule has 3 aromatic carbocycles. The quantitative estimate of drug-likeness (QED) is 0.329. The minimum absolute atomic E-state index is 0.0111. The van der Waals surface area contributed by atoms with Crippen molar-refractivity contribution in [2.45, 2.75) is 13.2 Å². The molecule has 0 atom stereocenters. The van der Waals surface area contributed by atoms with Gasteiger partial charge in [-0.15, -0.1) is 0 Å². The van der Waals surface area contributed by atoms with Crippen LogP contribution < -0.4 is 9.47 Å². The second-order valence-corrected chi connectivity index (χ2v) is 8.67. The molecule has 35 heavy (non-hydrogen) atoms. The van der Waals surface area contributed by atoms with Crippen LogP contribution in [0.5, 0.6) is 11.5 Å². The highest BCUT2D eigenvalue weighted by atomic mass is 16.5. The maximum absolute atomic E-state index is 13.5. The number of morpholine rings is 1. The molecule has 0 bridgehead atoms. The summed E-state index contributed by atoms with van der Waals surface area (Å²) < 4.78 is 19.2. The van der Waals surface area contributed by atoms with E-state index in [1.54, 1.807) is 7.11 Å². The SMILES string of the molecule is COc1ccc(C(=O)c2cn(CCN3CCOCC3)c3c(OCc4ccccc4)cccc23)cc1. The van der Waals surface area contributed by atoms with Gasteiger partial charge >= 0.3 is 0 Å². The Morgan fingerprint density at radius 1 is 0.914 bits per heavy atom. The fourth-order valence-corrected chi connectivity index (χ4v) is 4.51. The van der Waals surface area contributed by atoms with Gasteiger partial charge in [0.05, 0.1) is 25.8 Å². The van der Waals surface area contributed by atoms with Crippen LogP contribution in [0.2, 0.25) is 0 Å². The summed E-state index contributed by atoms with van der Waals surface area (Å²) in [5.74, 6) is 1.50.